The van der Waals surface area contributed by atoms with E-state index in [9.17, 15) is 19.8 Å². The first-order valence-electron chi connectivity index (χ1n) is 9.91. The van der Waals surface area contributed by atoms with Gasteiger partial charge in [-0.3, -0.25) is 14.3 Å². The molecule has 2 rings (SSSR count). The summed E-state index contributed by atoms with van der Waals surface area (Å²) in [7, 11) is 0. The molecule has 3 N–H and O–H groups in total. The van der Waals surface area contributed by atoms with E-state index in [1.54, 1.807) is 0 Å². The molecule has 156 valence electrons. The number of hydrogen-bond donors (Lipinski definition) is 3. The van der Waals surface area contributed by atoms with Gasteiger partial charge >= 0.3 is 5.69 Å². The normalized spacial score (nSPS) is 21.5. The third-order valence-corrected chi connectivity index (χ3v) is 5.58. The number of hydrogen-bond acceptors (Lipinski definition) is 5. The first-order chi connectivity index (χ1) is 13.6. The summed E-state index contributed by atoms with van der Waals surface area (Å²) in [5.74, 6) is 5.84. The summed E-state index contributed by atoms with van der Waals surface area (Å²) in [6, 6.07) is 0. The second kappa shape index (κ2) is 12.4. The fourth-order valence-corrected chi connectivity index (χ4v) is 3.73. The molecule has 3 atom stereocenters. The molecule has 7 nitrogen and oxygen atoms in total. The fourth-order valence-electron chi connectivity index (χ4n) is 3.19. The number of H-pyrrole nitrogens is 1. The standard InChI is InChI=1S/C20H29IN2O5/c21-11-9-7-5-3-1-2-4-6-8-10-15-13-23(20(27)22-19(15)26)18-12-16(25)17(14-24)28-18/h13,16-18,24-25H,1-7,9,11-12,14H2,(H,22,26,27)/t16-,17+,18+/m0/s1. The maximum absolute atomic E-state index is 12.1. The van der Waals surface area contributed by atoms with E-state index in [4.69, 9.17) is 4.74 Å². The van der Waals surface area contributed by atoms with Gasteiger partial charge in [-0.2, -0.15) is 0 Å². The number of aromatic amines is 1. The Bertz CT molecular complexity index is 779. The highest BCUT2D eigenvalue weighted by atomic mass is 127. The zero-order valence-corrected chi connectivity index (χ0v) is 18.2. The fraction of sp³-hybridized carbons (Fsp3) is 0.700. The quantitative estimate of drug-likeness (QED) is 0.196. The van der Waals surface area contributed by atoms with Crippen molar-refractivity contribution in [2.45, 2.75) is 76.2 Å². The number of unbranched alkanes of at least 4 members (excludes halogenated alkanes) is 7. The number of nitrogens with zero attached hydrogens (tertiary/aromatic N) is 1. The van der Waals surface area contributed by atoms with Gasteiger partial charge in [0.25, 0.3) is 5.56 Å². The molecular formula is C20H29IN2O5. The molecule has 1 aliphatic rings. The molecule has 1 saturated heterocycles. The Balaban J connectivity index is 1.87. The number of ether oxygens (including phenoxy) is 1. The smallest absolute Gasteiger partial charge is 0.330 e. The van der Waals surface area contributed by atoms with E-state index in [0.717, 1.165) is 12.8 Å². The van der Waals surface area contributed by atoms with Gasteiger partial charge in [0.1, 0.15) is 17.9 Å². The van der Waals surface area contributed by atoms with Crippen LogP contribution < -0.4 is 11.2 Å². The lowest BCUT2D eigenvalue weighted by atomic mass is 10.1. The first-order valence-corrected chi connectivity index (χ1v) is 11.4. The summed E-state index contributed by atoms with van der Waals surface area (Å²) < 4.78 is 7.94. The zero-order chi connectivity index (χ0) is 20.4. The molecule has 0 aliphatic carbocycles. The minimum absolute atomic E-state index is 0.169. The van der Waals surface area contributed by atoms with Crippen molar-refractivity contribution in [1.82, 2.24) is 9.55 Å². The van der Waals surface area contributed by atoms with Crippen molar-refractivity contribution in [3.05, 3.63) is 32.6 Å². The molecule has 0 aromatic carbocycles. The Hall–Kier alpha value is -1.15. The van der Waals surface area contributed by atoms with Crippen molar-refractivity contribution in [3.63, 3.8) is 0 Å². The minimum Gasteiger partial charge on any atom is -0.394 e. The van der Waals surface area contributed by atoms with Crippen molar-refractivity contribution in [3.8, 4) is 11.8 Å². The van der Waals surface area contributed by atoms with Gasteiger partial charge in [-0.1, -0.05) is 66.5 Å². The maximum Gasteiger partial charge on any atom is 0.330 e. The monoisotopic (exact) mass is 504 g/mol. The molecule has 1 fully saturated rings. The molecule has 0 spiro atoms. The highest BCUT2D eigenvalue weighted by molar-refractivity contribution is 14.1. The van der Waals surface area contributed by atoms with E-state index >= 15 is 0 Å². The average Bonchev–Trinajstić information content (AvgIpc) is 3.05. The summed E-state index contributed by atoms with van der Waals surface area (Å²) in [6.07, 6.45) is 8.42. The molecule has 0 radical (unpaired) electrons. The van der Waals surface area contributed by atoms with E-state index in [1.807, 2.05) is 0 Å². The van der Waals surface area contributed by atoms with Gasteiger partial charge in [0, 0.05) is 19.0 Å². The maximum atomic E-state index is 12.1. The average molecular weight is 504 g/mol. The van der Waals surface area contributed by atoms with Crippen LogP contribution in [0.3, 0.4) is 0 Å². The van der Waals surface area contributed by atoms with Gasteiger partial charge in [0.05, 0.1) is 12.7 Å². The van der Waals surface area contributed by atoms with E-state index in [2.05, 4.69) is 39.4 Å². The number of aromatic nitrogens is 2. The lowest BCUT2D eigenvalue weighted by Crippen LogP contribution is -2.33. The highest BCUT2D eigenvalue weighted by Crippen LogP contribution is 2.27. The SMILES string of the molecule is O=c1[nH]c(=O)n([C@H]2C[C@H](O)[C@@H](CO)O2)cc1C#CCCCCCCCCCI. The van der Waals surface area contributed by atoms with E-state index in [0.29, 0.717) is 6.42 Å². The second-order valence-electron chi connectivity index (χ2n) is 7.04. The van der Waals surface area contributed by atoms with Gasteiger partial charge in [0.15, 0.2) is 0 Å². The summed E-state index contributed by atoms with van der Waals surface area (Å²) in [4.78, 5) is 26.3. The number of nitrogens with one attached hydrogen (secondary N) is 1. The number of rotatable bonds is 10. The van der Waals surface area contributed by atoms with Crippen molar-refractivity contribution in [1.29, 1.82) is 0 Å². The molecule has 0 bridgehead atoms. The van der Waals surface area contributed by atoms with E-state index < -0.39 is 29.7 Å². The van der Waals surface area contributed by atoms with Crippen LogP contribution in [0.2, 0.25) is 0 Å². The number of halogens is 1. The molecule has 1 aromatic heterocycles. The summed E-state index contributed by atoms with van der Waals surface area (Å²) in [5.41, 5.74) is -0.945. The van der Waals surface area contributed by atoms with Crippen LogP contribution >= 0.6 is 22.6 Å². The predicted molar refractivity (Wildman–Crippen MR) is 116 cm³/mol. The van der Waals surface area contributed by atoms with Crippen molar-refractivity contribution >= 4 is 22.6 Å². The van der Waals surface area contributed by atoms with Crippen LogP contribution in [-0.4, -0.2) is 43.0 Å². The van der Waals surface area contributed by atoms with E-state index in [-0.39, 0.29) is 18.6 Å². The lowest BCUT2D eigenvalue weighted by Gasteiger charge is -2.14. The molecule has 1 aliphatic heterocycles. The number of aliphatic hydroxyl groups excluding tert-OH is 2. The van der Waals surface area contributed by atoms with Crippen molar-refractivity contribution in [2.24, 2.45) is 0 Å². The lowest BCUT2D eigenvalue weighted by molar-refractivity contribution is -0.0459. The van der Waals surface area contributed by atoms with Crippen molar-refractivity contribution in [2.75, 3.05) is 11.0 Å². The van der Waals surface area contributed by atoms with Crippen LogP contribution in [0.1, 0.15) is 69.6 Å². The van der Waals surface area contributed by atoms with Crippen LogP contribution in [0.15, 0.2) is 15.8 Å². The van der Waals surface area contributed by atoms with Gasteiger partial charge in [-0.25, -0.2) is 4.79 Å². The van der Waals surface area contributed by atoms with Crippen LogP contribution in [0.4, 0.5) is 0 Å². The Morgan fingerprint density at radius 3 is 2.50 bits per heavy atom. The zero-order valence-electron chi connectivity index (χ0n) is 16.0. The van der Waals surface area contributed by atoms with Crippen molar-refractivity contribution < 1.29 is 14.9 Å². The number of aliphatic hydroxyl groups is 2. The van der Waals surface area contributed by atoms with Gasteiger partial charge in [0.2, 0.25) is 0 Å². The summed E-state index contributed by atoms with van der Waals surface area (Å²) >= 11 is 2.41. The molecule has 0 amide bonds. The number of alkyl halides is 1. The van der Waals surface area contributed by atoms with Crippen LogP contribution in [-0.2, 0) is 4.74 Å². The Morgan fingerprint density at radius 2 is 1.86 bits per heavy atom. The molecule has 1 aromatic rings. The summed E-state index contributed by atoms with van der Waals surface area (Å²) in [5, 5.41) is 19.0. The third-order valence-electron chi connectivity index (χ3n) is 4.82. The Kier molecular flexibility index (Phi) is 10.3. The van der Waals surface area contributed by atoms with Crippen LogP contribution in [0.25, 0.3) is 0 Å². The van der Waals surface area contributed by atoms with Crippen LogP contribution in [0, 0.1) is 11.8 Å². The molecule has 0 unspecified atom stereocenters. The Labute approximate surface area is 178 Å². The molecule has 28 heavy (non-hydrogen) atoms. The van der Waals surface area contributed by atoms with Gasteiger partial charge in [-0.15, -0.1) is 0 Å². The summed E-state index contributed by atoms with van der Waals surface area (Å²) in [6.45, 7) is -0.333. The molecule has 2 heterocycles. The van der Waals surface area contributed by atoms with E-state index in [1.165, 1.54) is 47.3 Å². The minimum atomic E-state index is -0.857. The highest BCUT2D eigenvalue weighted by Gasteiger charge is 2.35. The second-order valence-corrected chi connectivity index (χ2v) is 8.12. The predicted octanol–water partition coefficient (Wildman–Crippen LogP) is 2.08. The molecule has 0 saturated carbocycles. The van der Waals surface area contributed by atoms with Gasteiger partial charge < -0.3 is 14.9 Å². The third kappa shape index (κ3) is 7.03. The topological polar surface area (TPSA) is 105 Å². The van der Waals surface area contributed by atoms with Gasteiger partial charge in [-0.05, 0) is 17.3 Å². The Morgan fingerprint density at radius 1 is 1.18 bits per heavy atom. The largest absolute Gasteiger partial charge is 0.394 e. The molecule has 8 heteroatoms. The first kappa shape index (κ1) is 23.1. The van der Waals surface area contributed by atoms with Crippen LogP contribution in [0.5, 0.6) is 0 Å². The molecular weight excluding hydrogens is 475 g/mol.